The number of rotatable bonds is 3. The highest BCUT2D eigenvalue weighted by atomic mass is 16.2. The molecular weight excluding hydrogens is 282 g/mol. The van der Waals surface area contributed by atoms with Gasteiger partial charge in [0.1, 0.15) is 5.69 Å². The van der Waals surface area contributed by atoms with Crippen LogP contribution < -0.4 is 10.6 Å². The number of hydrogen-bond acceptors (Lipinski definition) is 4. The van der Waals surface area contributed by atoms with Crippen molar-refractivity contribution in [2.75, 3.05) is 19.6 Å². The molecule has 2 N–H and O–H groups in total. The van der Waals surface area contributed by atoms with E-state index in [0.717, 1.165) is 45.3 Å². The van der Waals surface area contributed by atoms with Gasteiger partial charge in [0.2, 0.25) is 5.91 Å². The Hall–Kier alpha value is -1.89. The van der Waals surface area contributed by atoms with Crippen LogP contribution in [0.25, 0.3) is 0 Å². The van der Waals surface area contributed by atoms with E-state index in [1.165, 1.54) is 0 Å². The van der Waals surface area contributed by atoms with Crippen LogP contribution in [0, 0.1) is 0 Å². The third kappa shape index (κ3) is 3.30. The average molecular weight is 305 g/mol. The Bertz CT molecular complexity index is 548. The zero-order valence-corrected chi connectivity index (χ0v) is 12.9. The molecule has 2 saturated heterocycles. The summed E-state index contributed by atoms with van der Waals surface area (Å²) in [7, 11) is 1.80. The summed E-state index contributed by atoms with van der Waals surface area (Å²) >= 11 is 0. The fraction of sp³-hybridized carbons (Fsp3) is 0.667. The third-order valence-corrected chi connectivity index (χ3v) is 4.51. The molecule has 0 aromatic carbocycles. The predicted molar refractivity (Wildman–Crippen MR) is 81.3 cm³/mol. The standard InChI is InChI=1S/C15H23N5O2/c1-19-8-6-12(18-19)14(21)17-11-4-9-20(10-5-11)13-3-2-7-16-15(13)22/h6,8,11,13H,2-5,7,9-10H2,1H3,(H,16,22)(H,17,21). The normalized spacial score (nSPS) is 24.0. The number of carbonyl (C=O) groups is 2. The molecule has 0 bridgehead atoms. The Labute approximate surface area is 130 Å². The van der Waals surface area contributed by atoms with Crippen LogP contribution >= 0.6 is 0 Å². The monoisotopic (exact) mass is 305 g/mol. The van der Waals surface area contributed by atoms with E-state index in [1.807, 2.05) is 0 Å². The van der Waals surface area contributed by atoms with Crippen molar-refractivity contribution < 1.29 is 9.59 Å². The highest BCUT2D eigenvalue weighted by Crippen LogP contribution is 2.18. The Morgan fingerprint density at radius 2 is 2.14 bits per heavy atom. The van der Waals surface area contributed by atoms with E-state index in [4.69, 9.17) is 0 Å². The van der Waals surface area contributed by atoms with Gasteiger partial charge in [-0.15, -0.1) is 0 Å². The van der Waals surface area contributed by atoms with Gasteiger partial charge in [0.15, 0.2) is 0 Å². The van der Waals surface area contributed by atoms with Gasteiger partial charge < -0.3 is 10.6 Å². The molecule has 7 nitrogen and oxygen atoms in total. The Morgan fingerprint density at radius 1 is 1.36 bits per heavy atom. The first-order chi connectivity index (χ1) is 10.6. The first kappa shape index (κ1) is 15.0. The van der Waals surface area contributed by atoms with Crippen molar-refractivity contribution in [2.24, 2.45) is 7.05 Å². The number of aryl methyl sites for hydroxylation is 1. The number of amides is 2. The summed E-state index contributed by atoms with van der Waals surface area (Å²) in [6.45, 7) is 2.50. The molecule has 120 valence electrons. The topological polar surface area (TPSA) is 79.3 Å². The van der Waals surface area contributed by atoms with Crippen LogP contribution in [0.2, 0.25) is 0 Å². The molecule has 2 aliphatic heterocycles. The largest absolute Gasteiger partial charge is 0.355 e. The molecular formula is C15H23N5O2. The van der Waals surface area contributed by atoms with Crippen molar-refractivity contribution in [3.05, 3.63) is 18.0 Å². The summed E-state index contributed by atoms with van der Waals surface area (Å²) in [6, 6.07) is 1.90. The lowest BCUT2D eigenvalue weighted by molar-refractivity contribution is -0.128. The number of likely N-dealkylation sites (tertiary alicyclic amines) is 1. The van der Waals surface area contributed by atoms with Crippen LogP contribution in [-0.2, 0) is 11.8 Å². The van der Waals surface area contributed by atoms with Crippen LogP contribution in [-0.4, -0.2) is 58.2 Å². The van der Waals surface area contributed by atoms with Crippen molar-refractivity contribution in [1.82, 2.24) is 25.3 Å². The zero-order valence-electron chi connectivity index (χ0n) is 12.9. The summed E-state index contributed by atoms with van der Waals surface area (Å²) < 4.78 is 1.62. The van der Waals surface area contributed by atoms with E-state index in [2.05, 4.69) is 20.6 Å². The van der Waals surface area contributed by atoms with E-state index in [-0.39, 0.29) is 23.9 Å². The summed E-state index contributed by atoms with van der Waals surface area (Å²) in [5.74, 6) is 0.0386. The van der Waals surface area contributed by atoms with Crippen molar-refractivity contribution in [3.8, 4) is 0 Å². The lowest BCUT2D eigenvalue weighted by Crippen LogP contribution is -2.54. The lowest BCUT2D eigenvalue weighted by atomic mass is 9.99. The average Bonchev–Trinajstić information content (AvgIpc) is 2.95. The van der Waals surface area contributed by atoms with Gasteiger partial charge in [-0.25, -0.2) is 0 Å². The summed E-state index contributed by atoms with van der Waals surface area (Å²) in [6.07, 6.45) is 5.51. The van der Waals surface area contributed by atoms with E-state index < -0.39 is 0 Å². The van der Waals surface area contributed by atoms with Crippen LogP contribution in [0.15, 0.2) is 12.3 Å². The Kier molecular flexibility index (Phi) is 4.42. The third-order valence-electron chi connectivity index (χ3n) is 4.51. The highest BCUT2D eigenvalue weighted by molar-refractivity contribution is 5.92. The fourth-order valence-electron chi connectivity index (χ4n) is 3.26. The van der Waals surface area contributed by atoms with Gasteiger partial charge in [0.25, 0.3) is 5.91 Å². The first-order valence-corrected chi connectivity index (χ1v) is 7.96. The number of nitrogens with zero attached hydrogens (tertiary/aromatic N) is 3. The number of hydrogen-bond donors (Lipinski definition) is 2. The molecule has 1 atom stereocenters. The summed E-state index contributed by atoms with van der Waals surface area (Å²) in [5.41, 5.74) is 0.455. The molecule has 0 spiro atoms. The number of aromatic nitrogens is 2. The molecule has 0 saturated carbocycles. The Balaban J connectivity index is 1.49. The zero-order chi connectivity index (χ0) is 15.5. The molecule has 7 heteroatoms. The number of piperidine rings is 2. The minimum Gasteiger partial charge on any atom is -0.355 e. The van der Waals surface area contributed by atoms with Crippen LogP contribution in [0.5, 0.6) is 0 Å². The highest BCUT2D eigenvalue weighted by Gasteiger charge is 2.31. The summed E-state index contributed by atoms with van der Waals surface area (Å²) in [4.78, 5) is 26.3. The molecule has 1 aromatic heterocycles. The quantitative estimate of drug-likeness (QED) is 0.817. The van der Waals surface area contributed by atoms with Crippen molar-refractivity contribution >= 4 is 11.8 Å². The van der Waals surface area contributed by atoms with Gasteiger partial charge in [-0.05, 0) is 31.7 Å². The van der Waals surface area contributed by atoms with Gasteiger partial charge in [-0.3, -0.25) is 19.2 Å². The van der Waals surface area contributed by atoms with Crippen molar-refractivity contribution in [2.45, 2.75) is 37.8 Å². The number of carbonyl (C=O) groups excluding carboxylic acids is 2. The summed E-state index contributed by atoms with van der Waals surface area (Å²) in [5, 5.41) is 10.1. The molecule has 2 amide bonds. The minimum atomic E-state index is -0.116. The van der Waals surface area contributed by atoms with Gasteiger partial charge in [-0.2, -0.15) is 5.10 Å². The Morgan fingerprint density at radius 3 is 2.77 bits per heavy atom. The number of nitrogens with one attached hydrogen (secondary N) is 2. The van der Waals surface area contributed by atoms with E-state index in [0.29, 0.717) is 5.69 Å². The first-order valence-electron chi connectivity index (χ1n) is 7.96. The molecule has 1 unspecified atom stereocenters. The molecule has 2 aliphatic rings. The van der Waals surface area contributed by atoms with Gasteiger partial charge in [0, 0.05) is 38.9 Å². The maximum atomic E-state index is 12.1. The van der Waals surface area contributed by atoms with Crippen LogP contribution in [0.4, 0.5) is 0 Å². The smallest absolute Gasteiger partial charge is 0.271 e. The van der Waals surface area contributed by atoms with E-state index in [9.17, 15) is 9.59 Å². The maximum Gasteiger partial charge on any atom is 0.271 e. The van der Waals surface area contributed by atoms with E-state index in [1.54, 1.807) is 24.0 Å². The van der Waals surface area contributed by atoms with E-state index >= 15 is 0 Å². The second kappa shape index (κ2) is 6.48. The second-order valence-electron chi connectivity index (χ2n) is 6.11. The fourth-order valence-corrected chi connectivity index (χ4v) is 3.26. The SMILES string of the molecule is Cn1ccc(C(=O)NC2CCN(C3CCCNC3=O)CC2)n1. The molecule has 3 rings (SSSR count). The minimum absolute atomic E-state index is 0.0150. The van der Waals surface area contributed by atoms with Gasteiger partial charge >= 0.3 is 0 Å². The molecule has 0 aliphatic carbocycles. The predicted octanol–water partition coefficient (Wildman–Crippen LogP) is -0.107. The maximum absolute atomic E-state index is 12.1. The lowest BCUT2D eigenvalue weighted by Gasteiger charge is -2.38. The van der Waals surface area contributed by atoms with Gasteiger partial charge in [0.05, 0.1) is 6.04 Å². The second-order valence-corrected chi connectivity index (χ2v) is 6.11. The molecule has 0 radical (unpaired) electrons. The molecule has 22 heavy (non-hydrogen) atoms. The van der Waals surface area contributed by atoms with Gasteiger partial charge in [-0.1, -0.05) is 0 Å². The van der Waals surface area contributed by atoms with Crippen molar-refractivity contribution in [3.63, 3.8) is 0 Å². The molecule has 1 aromatic rings. The van der Waals surface area contributed by atoms with Crippen molar-refractivity contribution in [1.29, 1.82) is 0 Å². The molecule has 2 fully saturated rings. The van der Waals surface area contributed by atoms with Crippen LogP contribution in [0.3, 0.4) is 0 Å². The molecule has 3 heterocycles. The van der Waals surface area contributed by atoms with Crippen LogP contribution in [0.1, 0.15) is 36.2 Å².